The Hall–Kier alpha value is -2.66. The van der Waals surface area contributed by atoms with E-state index >= 15 is 0 Å². The van der Waals surface area contributed by atoms with Crippen LogP contribution in [0.5, 0.6) is 5.75 Å². The molecule has 1 aromatic carbocycles. The topological polar surface area (TPSA) is 66.0 Å². The van der Waals surface area contributed by atoms with Crippen LogP contribution in [0.1, 0.15) is 5.69 Å². The molecule has 0 saturated carbocycles. The van der Waals surface area contributed by atoms with Crippen LogP contribution in [0.4, 0.5) is 0 Å². The van der Waals surface area contributed by atoms with Crippen molar-refractivity contribution in [3.8, 4) is 22.8 Å². The van der Waals surface area contributed by atoms with Crippen molar-refractivity contribution in [3.05, 3.63) is 60.4 Å². The first kappa shape index (κ1) is 14.3. The van der Waals surface area contributed by atoms with Gasteiger partial charge in [-0.2, -0.15) is 5.10 Å². The molecule has 0 bridgehead atoms. The van der Waals surface area contributed by atoms with E-state index in [0.29, 0.717) is 6.54 Å². The molecule has 5 heteroatoms. The van der Waals surface area contributed by atoms with Crippen molar-refractivity contribution in [3.63, 3.8) is 0 Å². The van der Waals surface area contributed by atoms with Gasteiger partial charge < -0.3 is 10.5 Å². The minimum atomic E-state index is 0.571. The van der Waals surface area contributed by atoms with Gasteiger partial charge in [0.05, 0.1) is 18.5 Å². The molecule has 0 atom stereocenters. The van der Waals surface area contributed by atoms with Crippen LogP contribution < -0.4 is 10.5 Å². The highest BCUT2D eigenvalue weighted by Crippen LogP contribution is 2.25. The SMILES string of the molecule is COc1ccc(-c2cc(CCN)nn2-c2ccccn2)cc1. The van der Waals surface area contributed by atoms with E-state index in [-0.39, 0.29) is 0 Å². The van der Waals surface area contributed by atoms with Crippen LogP contribution in [-0.2, 0) is 6.42 Å². The van der Waals surface area contributed by atoms with Gasteiger partial charge >= 0.3 is 0 Å². The predicted molar refractivity (Wildman–Crippen MR) is 86.1 cm³/mol. The lowest BCUT2D eigenvalue weighted by Gasteiger charge is -2.07. The van der Waals surface area contributed by atoms with Crippen LogP contribution in [0.15, 0.2) is 54.7 Å². The average molecular weight is 294 g/mol. The van der Waals surface area contributed by atoms with Crippen molar-refractivity contribution in [2.24, 2.45) is 5.73 Å². The zero-order chi connectivity index (χ0) is 15.4. The monoisotopic (exact) mass is 294 g/mol. The van der Waals surface area contributed by atoms with E-state index in [1.165, 1.54) is 0 Å². The minimum absolute atomic E-state index is 0.571. The van der Waals surface area contributed by atoms with Crippen molar-refractivity contribution in [1.29, 1.82) is 0 Å². The van der Waals surface area contributed by atoms with Gasteiger partial charge in [0.1, 0.15) is 5.75 Å². The Morgan fingerprint density at radius 1 is 1.14 bits per heavy atom. The molecule has 0 unspecified atom stereocenters. The minimum Gasteiger partial charge on any atom is -0.497 e. The van der Waals surface area contributed by atoms with Crippen LogP contribution in [0, 0.1) is 0 Å². The summed E-state index contributed by atoms with van der Waals surface area (Å²) in [6.45, 7) is 0.571. The zero-order valence-electron chi connectivity index (χ0n) is 12.4. The Kier molecular flexibility index (Phi) is 4.16. The van der Waals surface area contributed by atoms with Gasteiger partial charge in [0, 0.05) is 18.2 Å². The van der Waals surface area contributed by atoms with E-state index in [9.17, 15) is 0 Å². The summed E-state index contributed by atoms with van der Waals surface area (Å²) < 4.78 is 7.07. The number of ether oxygens (including phenoxy) is 1. The summed E-state index contributed by atoms with van der Waals surface area (Å²) >= 11 is 0. The van der Waals surface area contributed by atoms with Crippen molar-refractivity contribution >= 4 is 0 Å². The lowest BCUT2D eigenvalue weighted by molar-refractivity contribution is 0.415. The lowest BCUT2D eigenvalue weighted by Crippen LogP contribution is -2.05. The Balaban J connectivity index is 2.08. The van der Waals surface area contributed by atoms with E-state index in [1.54, 1.807) is 13.3 Å². The molecule has 0 aliphatic heterocycles. The molecule has 0 amide bonds. The maximum Gasteiger partial charge on any atom is 0.153 e. The van der Waals surface area contributed by atoms with Crippen molar-refractivity contribution in [2.45, 2.75) is 6.42 Å². The number of nitrogens with zero attached hydrogens (tertiary/aromatic N) is 3. The smallest absolute Gasteiger partial charge is 0.153 e. The van der Waals surface area contributed by atoms with Gasteiger partial charge in [0.15, 0.2) is 5.82 Å². The summed E-state index contributed by atoms with van der Waals surface area (Å²) in [7, 11) is 1.66. The highest BCUT2D eigenvalue weighted by Gasteiger charge is 2.12. The lowest BCUT2D eigenvalue weighted by atomic mass is 10.1. The van der Waals surface area contributed by atoms with Crippen molar-refractivity contribution in [1.82, 2.24) is 14.8 Å². The van der Waals surface area contributed by atoms with Crippen LogP contribution >= 0.6 is 0 Å². The van der Waals surface area contributed by atoms with E-state index in [0.717, 1.165) is 34.9 Å². The maximum atomic E-state index is 5.65. The third-order valence-electron chi connectivity index (χ3n) is 3.41. The zero-order valence-corrected chi connectivity index (χ0v) is 12.4. The molecule has 0 spiro atoms. The maximum absolute atomic E-state index is 5.65. The molecule has 2 aromatic heterocycles. The molecule has 0 aliphatic rings. The van der Waals surface area contributed by atoms with Gasteiger partial charge in [-0.05, 0) is 49.0 Å². The van der Waals surface area contributed by atoms with Crippen LogP contribution in [-0.4, -0.2) is 28.4 Å². The predicted octanol–water partition coefficient (Wildman–Crippen LogP) is 2.44. The molecule has 112 valence electrons. The molecule has 0 fully saturated rings. The Bertz CT molecular complexity index is 735. The summed E-state index contributed by atoms with van der Waals surface area (Å²) in [5.41, 5.74) is 8.66. The molecule has 0 aliphatic carbocycles. The van der Waals surface area contributed by atoms with Gasteiger partial charge in [-0.25, -0.2) is 9.67 Å². The third-order valence-corrected chi connectivity index (χ3v) is 3.41. The van der Waals surface area contributed by atoms with Gasteiger partial charge in [-0.1, -0.05) is 6.07 Å². The van der Waals surface area contributed by atoms with Crippen LogP contribution in [0.3, 0.4) is 0 Å². The number of rotatable bonds is 5. The summed E-state index contributed by atoms with van der Waals surface area (Å²) in [6.07, 6.45) is 2.50. The van der Waals surface area contributed by atoms with Gasteiger partial charge in [0.25, 0.3) is 0 Å². The Morgan fingerprint density at radius 2 is 1.95 bits per heavy atom. The van der Waals surface area contributed by atoms with Gasteiger partial charge in [-0.3, -0.25) is 0 Å². The average Bonchev–Trinajstić information content (AvgIpc) is 3.00. The second-order valence-corrected chi connectivity index (χ2v) is 4.89. The second-order valence-electron chi connectivity index (χ2n) is 4.89. The number of pyridine rings is 1. The Morgan fingerprint density at radius 3 is 2.59 bits per heavy atom. The summed E-state index contributed by atoms with van der Waals surface area (Å²) in [5.74, 6) is 1.62. The highest BCUT2D eigenvalue weighted by molar-refractivity contribution is 5.63. The fourth-order valence-electron chi connectivity index (χ4n) is 2.32. The van der Waals surface area contributed by atoms with E-state index in [1.807, 2.05) is 47.1 Å². The third kappa shape index (κ3) is 2.84. The standard InChI is InChI=1S/C17H18N4O/c1-22-15-7-5-13(6-8-15)16-12-14(9-10-18)20-21(16)17-4-2-3-11-19-17/h2-8,11-12H,9-10,18H2,1H3. The molecule has 3 rings (SSSR count). The number of nitrogens with two attached hydrogens (primary N) is 1. The molecular formula is C17H18N4O. The van der Waals surface area contributed by atoms with E-state index in [4.69, 9.17) is 10.5 Å². The molecule has 22 heavy (non-hydrogen) atoms. The van der Waals surface area contributed by atoms with Crippen molar-refractivity contribution in [2.75, 3.05) is 13.7 Å². The first-order valence-corrected chi connectivity index (χ1v) is 7.16. The van der Waals surface area contributed by atoms with Gasteiger partial charge in [0.2, 0.25) is 0 Å². The Labute approximate surface area is 129 Å². The molecule has 0 saturated heterocycles. The number of hydrogen-bond donors (Lipinski definition) is 1. The molecule has 3 aromatic rings. The molecular weight excluding hydrogens is 276 g/mol. The number of methoxy groups -OCH3 is 1. The summed E-state index contributed by atoms with van der Waals surface area (Å²) in [6, 6.07) is 15.7. The highest BCUT2D eigenvalue weighted by atomic mass is 16.5. The molecule has 2 N–H and O–H groups in total. The van der Waals surface area contributed by atoms with E-state index < -0.39 is 0 Å². The quantitative estimate of drug-likeness (QED) is 0.785. The fraction of sp³-hybridized carbons (Fsp3) is 0.176. The molecule has 2 heterocycles. The van der Waals surface area contributed by atoms with Gasteiger partial charge in [-0.15, -0.1) is 0 Å². The summed E-state index contributed by atoms with van der Waals surface area (Å²) in [4.78, 5) is 4.39. The number of aromatic nitrogens is 3. The van der Waals surface area contributed by atoms with E-state index in [2.05, 4.69) is 16.1 Å². The van der Waals surface area contributed by atoms with Crippen LogP contribution in [0.2, 0.25) is 0 Å². The first-order chi connectivity index (χ1) is 10.8. The normalized spacial score (nSPS) is 10.6. The first-order valence-electron chi connectivity index (χ1n) is 7.16. The van der Waals surface area contributed by atoms with Crippen LogP contribution in [0.25, 0.3) is 17.1 Å². The number of hydrogen-bond acceptors (Lipinski definition) is 4. The summed E-state index contributed by atoms with van der Waals surface area (Å²) in [5, 5.41) is 4.63. The fourth-order valence-corrected chi connectivity index (χ4v) is 2.32. The molecule has 0 radical (unpaired) electrons. The second kappa shape index (κ2) is 6.41. The molecule has 5 nitrogen and oxygen atoms in total. The van der Waals surface area contributed by atoms with Crippen molar-refractivity contribution < 1.29 is 4.74 Å². The largest absolute Gasteiger partial charge is 0.497 e. The number of benzene rings is 1.